The van der Waals surface area contributed by atoms with Crippen LogP contribution < -0.4 is 0 Å². The lowest BCUT2D eigenvalue weighted by atomic mass is 10.1. The van der Waals surface area contributed by atoms with Crippen molar-refractivity contribution in [3.05, 3.63) is 0 Å². The molecule has 0 aliphatic carbocycles. The number of hydrogen-bond donors (Lipinski definition) is 0. The monoisotopic (exact) mass is 208 g/mol. The molecule has 1 unspecified atom stereocenters. The van der Waals surface area contributed by atoms with E-state index in [-0.39, 0.29) is 18.8 Å². The van der Waals surface area contributed by atoms with E-state index >= 15 is 0 Å². The van der Waals surface area contributed by atoms with Crippen molar-refractivity contribution in [3.63, 3.8) is 0 Å². The van der Waals surface area contributed by atoms with Gasteiger partial charge in [0.05, 0.1) is 6.61 Å². The van der Waals surface area contributed by atoms with Crippen molar-refractivity contribution in [1.82, 2.24) is 0 Å². The number of esters is 1. The molecule has 0 saturated heterocycles. The second-order valence-electron chi connectivity index (χ2n) is 3.42. The van der Waals surface area contributed by atoms with Crippen LogP contribution in [0.15, 0.2) is 0 Å². The molecule has 4 heteroatoms. The molecule has 0 amide bonds. The lowest BCUT2D eigenvalue weighted by Gasteiger charge is -2.09. The van der Waals surface area contributed by atoms with Gasteiger partial charge < -0.3 is 4.74 Å². The zero-order chi connectivity index (χ0) is 11.0. The minimum Gasteiger partial charge on any atom is -0.466 e. The van der Waals surface area contributed by atoms with Crippen molar-refractivity contribution in [2.75, 3.05) is 6.61 Å². The van der Waals surface area contributed by atoms with E-state index in [9.17, 15) is 13.6 Å². The summed E-state index contributed by atoms with van der Waals surface area (Å²) in [7, 11) is 0. The molecule has 84 valence electrons. The van der Waals surface area contributed by atoms with Gasteiger partial charge in [-0.25, -0.2) is 8.78 Å². The molecule has 0 bridgehead atoms. The van der Waals surface area contributed by atoms with E-state index in [1.807, 2.05) is 6.92 Å². The summed E-state index contributed by atoms with van der Waals surface area (Å²) in [6.07, 6.45) is -0.271. The highest BCUT2D eigenvalue weighted by atomic mass is 19.3. The predicted octanol–water partition coefficient (Wildman–Crippen LogP) is 3.01. The molecule has 0 aliphatic heterocycles. The highest BCUT2D eigenvalue weighted by Gasteiger charge is 2.16. The molecule has 2 nitrogen and oxygen atoms in total. The standard InChI is InChI=1S/C10H18F2O2/c1-3-4-7-14-9(13)6-5-8(2)10(11)12/h8,10H,3-7H2,1-2H3. The Labute approximate surface area is 83.6 Å². The predicted molar refractivity (Wildman–Crippen MR) is 50.3 cm³/mol. The minimum absolute atomic E-state index is 0.0925. The normalized spacial score (nSPS) is 12.9. The van der Waals surface area contributed by atoms with Crippen molar-refractivity contribution in [3.8, 4) is 0 Å². The van der Waals surface area contributed by atoms with Gasteiger partial charge in [-0.05, 0) is 12.8 Å². The largest absolute Gasteiger partial charge is 0.466 e. The molecule has 0 N–H and O–H groups in total. The van der Waals surface area contributed by atoms with Gasteiger partial charge in [0.25, 0.3) is 0 Å². The van der Waals surface area contributed by atoms with Gasteiger partial charge in [-0.15, -0.1) is 0 Å². The van der Waals surface area contributed by atoms with Crippen molar-refractivity contribution >= 4 is 5.97 Å². The number of hydrogen-bond acceptors (Lipinski definition) is 2. The topological polar surface area (TPSA) is 26.3 Å². The van der Waals surface area contributed by atoms with E-state index in [4.69, 9.17) is 4.74 Å². The van der Waals surface area contributed by atoms with Crippen LogP contribution in [-0.2, 0) is 9.53 Å². The van der Waals surface area contributed by atoms with E-state index in [1.165, 1.54) is 6.92 Å². The molecular weight excluding hydrogens is 190 g/mol. The van der Waals surface area contributed by atoms with Gasteiger partial charge in [0.1, 0.15) is 0 Å². The number of rotatable bonds is 7. The van der Waals surface area contributed by atoms with E-state index in [0.29, 0.717) is 6.61 Å². The van der Waals surface area contributed by atoms with Crippen LogP contribution in [-0.4, -0.2) is 19.0 Å². The van der Waals surface area contributed by atoms with Gasteiger partial charge in [-0.2, -0.15) is 0 Å². The Hall–Kier alpha value is -0.670. The van der Waals surface area contributed by atoms with Gasteiger partial charge in [0, 0.05) is 12.3 Å². The summed E-state index contributed by atoms with van der Waals surface area (Å²) in [5.41, 5.74) is 0. The Kier molecular flexibility index (Phi) is 7.34. The van der Waals surface area contributed by atoms with Crippen LogP contribution in [0.5, 0.6) is 0 Å². The van der Waals surface area contributed by atoms with Crippen molar-refractivity contribution < 1.29 is 18.3 Å². The van der Waals surface area contributed by atoms with Gasteiger partial charge in [0.2, 0.25) is 6.43 Å². The number of alkyl halides is 2. The summed E-state index contributed by atoms with van der Waals surface area (Å²) >= 11 is 0. The summed E-state index contributed by atoms with van der Waals surface area (Å²) in [6.45, 7) is 3.83. The van der Waals surface area contributed by atoms with Gasteiger partial charge >= 0.3 is 5.97 Å². The fraction of sp³-hybridized carbons (Fsp3) is 0.900. The maximum Gasteiger partial charge on any atom is 0.305 e. The Balaban J connectivity index is 3.44. The average Bonchev–Trinajstić information content (AvgIpc) is 2.14. The highest BCUT2D eigenvalue weighted by molar-refractivity contribution is 5.69. The zero-order valence-corrected chi connectivity index (χ0v) is 8.76. The van der Waals surface area contributed by atoms with Crippen LogP contribution in [0.2, 0.25) is 0 Å². The fourth-order valence-electron chi connectivity index (χ4n) is 0.874. The zero-order valence-electron chi connectivity index (χ0n) is 8.76. The van der Waals surface area contributed by atoms with Crippen LogP contribution in [0, 0.1) is 5.92 Å². The van der Waals surface area contributed by atoms with Crippen LogP contribution in [0.3, 0.4) is 0 Å². The Morgan fingerprint density at radius 1 is 1.43 bits per heavy atom. The SMILES string of the molecule is CCCCOC(=O)CCC(C)C(F)F. The molecule has 0 rings (SSSR count). The first-order valence-corrected chi connectivity index (χ1v) is 5.01. The third kappa shape index (κ3) is 6.80. The maximum atomic E-state index is 12.0. The molecule has 0 aromatic rings. The Morgan fingerprint density at radius 2 is 2.07 bits per heavy atom. The summed E-state index contributed by atoms with van der Waals surface area (Å²) in [4.78, 5) is 11.0. The molecule has 0 spiro atoms. The molecular formula is C10H18F2O2. The number of halogens is 2. The number of carbonyl (C=O) groups is 1. The lowest BCUT2D eigenvalue weighted by molar-refractivity contribution is -0.144. The van der Waals surface area contributed by atoms with Gasteiger partial charge in [0.15, 0.2) is 0 Å². The van der Waals surface area contributed by atoms with Crippen molar-refractivity contribution in [1.29, 1.82) is 0 Å². The first kappa shape index (κ1) is 13.3. The van der Waals surface area contributed by atoms with Crippen LogP contribution >= 0.6 is 0 Å². The van der Waals surface area contributed by atoms with E-state index in [0.717, 1.165) is 12.8 Å². The number of ether oxygens (including phenoxy) is 1. The molecule has 0 saturated carbocycles. The molecule has 0 radical (unpaired) electrons. The van der Waals surface area contributed by atoms with Gasteiger partial charge in [-0.1, -0.05) is 20.3 Å². The maximum absolute atomic E-state index is 12.0. The Morgan fingerprint density at radius 3 is 2.57 bits per heavy atom. The quantitative estimate of drug-likeness (QED) is 0.475. The average molecular weight is 208 g/mol. The van der Waals surface area contributed by atoms with Crippen LogP contribution in [0.4, 0.5) is 8.78 Å². The molecule has 0 aromatic heterocycles. The smallest absolute Gasteiger partial charge is 0.305 e. The third-order valence-electron chi connectivity index (χ3n) is 1.99. The summed E-state index contributed by atoms with van der Waals surface area (Å²) < 4.78 is 28.9. The molecule has 0 aliphatic rings. The summed E-state index contributed by atoms with van der Waals surface area (Å²) in [5.74, 6) is -1.10. The Bertz CT molecular complexity index is 160. The summed E-state index contributed by atoms with van der Waals surface area (Å²) in [6, 6.07) is 0. The second-order valence-corrected chi connectivity index (χ2v) is 3.42. The van der Waals surface area contributed by atoms with Crippen LogP contribution in [0.25, 0.3) is 0 Å². The first-order chi connectivity index (χ1) is 6.57. The van der Waals surface area contributed by atoms with Crippen LogP contribution in [0.1, 0.15) is 39.5 Å². The lowest BCUT2D eigenvalue weighted by Crippen LogP contribution is -2.11. The summed E-state index contributed by atoms with van der Waals surface area (Å²) in [5, 5.41) is 0. The molecule has 14 heavy (non-hydrogen) atoms. The minimum atomic E-state index is -2.35. The molecule has 0 aromatic carbocycles. The van der Waals surface area contributed by atoms with Crippen molar-refractivity contribution in [2.45, 2.75) is 46.0 Å². The third-order valence-corrected chi connectivity index (χ3v) is 1.99. The number of carbonyl (C=O) groups excluding carboxylic acids is 1. The highest BCUT2D eigenvalue weighted by Crippen LogP contribution is 2.15. The van der Waals surface area contributed by atoms with Gasteiger partial charge in [-0.3, -0.25) is 4.79 Å². The second kappa shape index (κ2) is 7.71. The van der Waals surface area contributed by atoms with E-state index in [1.54, 1.807) is 0 Å². The first-order valence-electron chi connectivity index (χ1n) is 5.01. The molecule has 0 heterocycles. The van der Waals surface area contributed by atoms with E-state index in [2.05, 4.69) is 0 Å². The molecule has 1 atom stereocenters. The van der Waals surface area contributed by atoms with Crippen molar-refractivity contribution in [2.24, 2.45) is 5.92 Å². The van der Waals surface area contributed by atoms with E-state index < -0.39 is 12.3 Å². The fourth-order valence-corrected chi connectivity index (χ4v) is 0.874. The molecule has 0 fully saturated rings. The number of unbranched alkanes of at least 4 members (excludes halogenated alkanes) is 1.